The molecule has 0 aromatic heterocycles. The van der Waals surface area contributed by atoms with Crippen LogP contribution in [0, 0.1) is 5.82 Å². The van der Waals surface area contributed by atoms with Crippen molar-refractivity contribution in [1.29, 1.82) is 0 Å². The van der Waals surface area contributed by atoms with E-state index in [4.69, 9.17) is 0 Å². The summed E-state index contributed by atoms with van der Waals surface area (Å²) in [5, 5.41) is 2.83. The Bertz CT molecular complexity index is 853. The molecule has 6 heteroatoms. The summed E-state index contributed by atoms with van der Waals surface area (Å²) in [6.45, 7) is 5.01. The van der Waals surface area contributed by atoms with Gasteiger partial charge in [0.1, 0.15) is 11.9 Å². The zero-order chi connectivity index (χ0) is 20.8. The summed E-state index contributed by atoms with van der Waals surface area (Å²) in [6.07, 6.45) is 3.16. The van der Waals surface area contributed by atoms with Crippen LogP contribution < -0.4 is 15.1 Å². The van der Waals surface area contributed by atoms with Gasteiger partial charge in [-0.1, -0.05) is 18.2 Å². The summed E-state index contributed by atoms with van der Waals surface area (Å²) in [5.74, 6) is -0.752. The number of amides is 2. The third-order valence-corrected chi connectivity index (χ3v) is 5.26. The third kappa shape index (κ3) is 5.13. The van der Waals surface area contributed by atoms with Crippen molar-refractivity contribution in [2.75, 3.05) is 29.4 Å². The molecule has 1 aliphatic heterocycles. The van der Waals surface area contributed by atoms with Crippen LogP contribution in [0.5, 0.6) is 0 Å². The molecular formula is C23H28FN3O2. The fourth-order valence-electron chi connectivity index (χ4n) is 3.78. The Morgan fingerprint density at radius 3 is 2.59 bits per heavy atom. The van der Waals surface area contributed by atoms with E-state index in [1.165, 1.54) is 17.7 Å². The van der Waals surface area contributed by atoms with E-state index in [0.29, 0.717) is 12.2 Å². The lowest BCUT2D eigenvalue weighted by Gasteiger charge is -2.27. The monoisotopic (exact) mass is 397 g/mol. The normalized spacial score (nSPS) is 14.5. The Morgan fingerprint density at radius 2 is 1.86 bits per heavy atom. The SMILES string of the molecule is CCN(C(=O)[C@H](C)NC(=O)CN1CCCCc2ccccc21)c1ccc(F)cc1. The first kappa shape index (κ1) is 20.8. The average molecular weight is 397 g/mol. The maximum atomic E-state index is 13.2. The molecule has 3 rings (SSSR count). The number of carbonyl (C=O) groups excluding carboxylic acids is 2. The van der Waals surface area contributed by atoms with Crippen LogP contribution in [0.1, 0.15) is 32.3 Å². The molecule has 0 radical (unpaired) electrons. The van der Waals surface area contributed by atoms with Gasteiger partial charge in [0.25, 0.3) is 0 Å². The van der Waals surface area contributed by atoms with Gasteiger partial charge in [-0.05, 0) is 69.0 Å². The first-order valence-corrected chi connectivity index (χ1v) is 10.2. The fourth-order valence-corrected chi connectivity index (χ4v) is 3.78. The van der Waals surface area contributed by atoms with Gasteiger partial charge in [-0.2, -0.15) is 0 Å². The molecule has 2 aromatic rings. The van der Waals surface area contributed by atoms with Crippen molar-refractivity contribution in [2.24, 2.45) is 0 Å². The summed E-state index contributed by atoms with van der Waals surface area (Å²) in [4.78, 5) is 29.1. The minimum atomic E-state index is -0.672. The smallest absolute Gasteiger partial charge is 0.249 e. The van der Waals surface area contributed by atoms with Gasteiger partial charge in [0.05, 0.1) is 6.54 Å². The number of likely N-dealkylation sites (N-methyl/N-ethyl adjacent to an activating group) is 1. The van der Waals surface area contributed by atoms with Crippen LogP contribution in [0.2, 0.25) is 0 Å². The molecule has 154 valence electrons. The summed E-state index contributed by atoms with van der Waals surface area (Å²) in [5.41, 5.74) is 2.97. The number of halogens is 1. The summed E-state index contributed by atoms with van der Waals surface area (Å²) in [6, 6.07) is 13.3. The Balaban J connectivity index is 1.64. The highest BCUT2D eigenvalue weighted by Gasteiger charge is 2.24. The van der Waals surface area contributed by atoms with Gasteiger partial charge in [0, 0.05) is 24.5 Å². The van der Waals surface area contributed by atoms with Crippen molar-refractivity contribution in [1.82, 2.24) is 5.32 Å². The van der Waals surface area contributed by atoms with Gasteiger partial charge in [-0.3, -0.25) is 9.59 Å². The number of aryl methyl sites for hydroxylation is 1. The van der Waals surface area contributed by atoms with E-state index in [1.807, 2.05) is 19.1 Å². The number of benzene rings is 2. The largest absolute Gasteiger partial charge is 0.362 e. The van der Waals surface area contributed by atoms with Crippen LogP contribution in [0.3, 0.4) is 0 Å². The second-order valence-electron chi connectivity index (χ2n) is 7.36. The number of para-hydroxylation sites is 1. The Kier molecular flexibility index (Phi) is 6.86. The molecule has 0 saturated heterocycles. The van der Waals surface area contributed by atoms with Gasteiger partial charge in [-0.25, -0.2) is 4.39 Å². The molecule has 0 saturated carbocycles. The van der Waals surface area contributed by atoms with E-state index in [0.717, 1.165) is 31.5 Å². The third-order valence-electron chi connectivity index (χ3n) is 5.26. The summed E-state index contributed by atoms with van der Waals surface area (Å²) in [7, 11) is 0. The number of hydrogen-bond acceptors (Lipinski definition) is 3. The zero-order valence-corrected chi connectivity index (χ0v) is 17.0. The van der Waals surface area contributed by atoms with Crippen LogP contribution in [0.15, 0.2) is 48.5 Å². The van der Waals surface area contributed by atoms with E-state index < -0.39 is 6.04 Å². The van der Waals surface area contributed by atoms with E-state index in [2.05, 4.69) is 22.3 Å². The Morgan fingerprint density at radius 1 is 1.14 bits per heavy atom. The number of anilines is 2. The van der Waals surface area contributed by atoms with Gasteiger partial charge >= 0.3 is 0 Å². The summed E-state index contributed by atoms with van der Waals surface area (Å²) < 4.78 is 13.2. The highest BCUT2D eigenvalue weighted by atomic mass is 19.1. The molecule has 2 aromatic carbocycles. The first-order valence-electron chi connectivity index (χ1n) is 10.2. The Labute approximate surface area is 171 Å². The number of carbonyl (C=O) groups is 2. The minimum Gasteiger partial charge on any atom is -0.362 e. The quantitative estimate of drug-likeness (QED) is 0.811. The second kappa shape index (κ2) is 9.54. The number of nitrogens with zero attached hydrogens (tertiary/aromatic N) is 2. The van der Waals surface area contributed by atoms with Gasteiger partial charge in [-0.15, -0.1) is 0 Å². The molecule has 5 nitrogen and oxygen atoms in total. The molecule has 1 heterocycles. The first-order chi connectivity index (χ1) is 14.0. The second-order valence-corrected chi connectivity index (χ2v) is 7.36. The molecule has 0 unspecified atom stereocenters. The van der Waals surface area contributed by atoms with Crippen LogP contribution >= 0.6 is 0 Å². The maximum absolute atomic E-state index is 13.2. The lowest BCUT2D eigenvalue weighted by Crippen LogP contribution is -2.49. The van der Waals surface area contributed by atoms with Crippen molar-refractivity contribution < 1.29 is 14.0 Å². The topological polar surface area (TPSA) is 52.7 Å². The van der Waals surface area contributed by atoms with Crippen molar-refractivity contribution in [3.8, 4) is 0 Å². The number of rotatable bonds is 6. The molecule has 29 heavy (non-hydrogen) atoms. The summed E-state index contributed by atoms with van der Waals surface area (Å²) >= 11 is 0. The van der Waals surface area contributed by atoms with Crippen molar-refractivity contribution >= 4 is 23.2 Å². The van der Waals surface area contributed by atoms with Gasteiger partial charge < -0.3 is 15.1 Å². The van der Waals surface area contributed by atoms with Crippen molar-refractivity contribution in [2.45, 2.75) is 39.2 Å². The fraction of sp³-hybridized carbons (Fsp3) is 0.391. The standard InChI is InChI=1S/C23H28FN3O2/c1-3-27(20-13-11-19(24)12-14-20)23(29)17(2)25-22(28)16-26-15-7-6-9-18-8-4-5-10-21(18)26/h4-5,8,10-14,17H,3,6-7,9,15-16H2,1-2H3,(H,25,28)/t17-/m0/s1. The number of hydrogen-bond donors (Lipinski definition) is 1. The predicted molar refractivity (Wildman–Crippen MR) is 114 cm³/mol. The molecule has 1 atom stereocenters. The molecule has 0 fully saturated rings. The highest BCUT2D eigenvalue weighted by Crippen LogP contribution is 2.25. The van der Waals surface area contributed by atoms with Crippen LogP contribution in [0.4, 0.5) is 15.8 Å². The van der Waals surface area contributed by atoms with Gasteiger partial charge in [0.15, 0.2) is 0 Å². The number of fused-ring (bicyclic) bond motifs is 1. The highest BCUT2D eigenvalue weighted by molar-refractivity contribution is 5.99. The van der Waals surface area contributed by atoms with E-state index in [1.54, 1.807) is 24.0 Å². The molecular weight excluding hydrogens is 369 g/mol. The van der Waals surface area contributed by atoms with Crippen molar-refractivity contribution in [3.63, 3.8) is 0 Å². The van der Waals surface area contributed by atoms with Crippen LogP contribution in [-0.4, -0.2) is 37.5 Å². The van der Waals surface area contributed by atoms with Crippen LogP contribution in [-0.2, 0) is 16.0 Å². The molecule has 1 aliphatic rings. The van der Waals surface area contributed by atoms with E-state index in [9.17, 15) is 14.0 Å². The maximum Gasteiger partial charge on any atom is 0.249 e. The molecule has 2 amide bonds. The molecule has 0 bridgehead atoms. The minimum absolute atomic E-state index is 0.183. The van der Waals surface area contributed by atoms with E-state index >= 15 is 0 Å². The Hall–Kier alpha value is -2.89. The molecule has 0 aliphatic carbocycles. The van der Waals surface area contributed by atoms with Gasteiger partial charge in [0.2, 0.25) is 11.8 Å². The molecule has 1 N–H and O–H groups in total. The van der Waals surface area contributed by atoms with Crippen molar-refractivity contribution in [3.05, 3.63) is 59.9 Å². The lowest BCUT2D eigenvalue weighted by atomic mass is 10.1. The molecule has 0 spiro atoms. The number of nitrogens with one attached hydrogen (secondary N) is 1. The predicted octanol–water partition coefficient (Wildman–Crippen LogP) is 3.53. The lowest BCUT2D eigenvalue weighted by molar-refractivity contribution is -0.126. The van der Waals surface area contributed by atoms with E-state index in [-0.39, 0.29) is 24.2 Å². The van der Waals surface area contributed by atoms with Crippen LogP contribution in [0.25, 0.3) is 0 Å². The zero-order valence-electron chi connectivity index (χ0n) is 17.0. The average Bonchev–Trinajstić information content (AvgIpc) is 2.92.